The first-order valence-corrected chi connectivity index (χ1v) is 10.0. The van der Waals surface area contributed by atoms with Gasteiger partial charge in [0.2, 0.25) is 17.0 Å². The Labute approximate surface area is 168 Å². The number of rotatable bonds is 10. The third-order valence-electron chi connectivity index (χ3n) is 3.79. The molecule has 0 aliphatic heterocycles. The van der Waals surface area contributed by atoms with Crippen LogP contribution >= 0.6 is 11.8 Å². The number of ether oxygens (including phenoxy) is 1. The molecule has 0 unspecified atom stereocenters. The van der Waals surface area contributed by atoms with Crippen molar-refractivity contribution in [3.05, 3.63) is 24.3 Å². The van der Waals surface area contributed by atoms with Gasteiger partial charge < -0.3 is 20.8 Å². The first kappa shape index (κ1) is 21.5. The minimum Gasteiger partial charge on any atom is -0.494 e. The van der Waals surface area contributed by atoms with E-state index in [2.05, 4.69) is 15.5 Å². The predicted octanol–water partition coefficient (Wildman–Crippen LogP) is 1.13. The maximum absolute atomic E-state index is 12.2. The van der Waals surface area contributed by atoms with E-state index in [0.29, 0.717) is 24.1 Å². The number of nitrogens with one attached hydrogen (secondary N) is 1. The smallest absolute Gasteiger partial charge is 0.239 e. The molecule has 9 nitrogen and oxygen atoms in total. The molecule has 28 heavy (non-hydrogen) atoms. The second-order valence-electron chi connectivity index (χ2n) is 6.02. The fourth-order valence-electron chi connectivity index (χ4n) is 2.30. The van der Waals surface area contributed by atoms with Crippen molar-refractivity contribution in [2.45, 2.75) is 25.4 Å². The Bertz CT molecular complexity index is 793. The molecule has 0 saturated heterocycles. The van der Waals surface area contributed by atoms with E-state index in [-0.39, 0.29) is 24.1 Å². The molecule has 0 aliphatic carbocycles. The number of thioether (sulfide) groups is 1. The SMILES string of the molecule is CCCNC(=O)CN(C)C(=O)CSc1nnc(-c2ccc(OCC)cc2)n1N. The van der Waals surface area contributed by atoms with Crippen LogP contribution in [0.3, 0.4) is 0 Å². The van der Waals surface area contributed by atoms with E-state index in [1.165, 1.54) is 21.3 Å². The van der Waals surface area contributed by atoms with Gasteiger partial charge in [0.05, 0.1) is 18.9 Å². The normalized spacial score (nSPS) is 10.5. The highest BCUT2D eigenvalue weighted by Gasteiger charge is 2.17. The van der Waals surface area contributed by atoms with Crippen molar-refractivity contribution in [2.24, 2.45) is 0 Å². The number of amides is 2. The van der Waals surface area contributed by atoms with Gasteiger partial charge in [0, 0.05) is 19.2 Å². The Morgan fingerprint density at radius 1 is 1.25 bits per heavy atom. The lowest BCUT2D eigenvalue weighted by molar-refractivity contribution is -0.132. The number of nitrogens with zero attached hydrogens (tertiary/aromatic N) is 4. The van der Waals surface area contributed by atoms with Gasteiger partial charge >= 0.3 is 0 Å². The molecule has 0 aliphatic rings. The Morgan fingerprint density at radius 2 is 1.96 bits per heavy atom. The molecule has 0 atom stereocenters. The van der Waals surface area contributed by atoms with Crippen LogP contribution in [0, 0.1) is 0 Å². The van der Waals surface area contributed by atoms with Gasteiger partial charge in [-0.1, -0.05) is 18.7 Å². The standard InChI is InChI=1S/C18H26N6O3S/c1-4-10-20-15(25)11-23(3)16(26)12-28-18-22-21-17(24(18)19)13-6-8-14(9-7-13)27-5-2/h6-9H,4-5,10-12,19H2,1-3H3,(H,20,25). The van der Waals surface area contributed by atoms with Gasteiger partial charge in [-0.2, -0.15) is 0 Å². The number of nitrogen functional groups attached to an aromatic ring is 1. The lowest BCUT2D eigenvalue weighted by Crippen LogP contribution is -2.39. The van der Waals surface area contributed by atoms with Gasteiger partial charge in [-0.25, -0.2) is 4.68 Å². The molecule has 0 radical (unpaired) electrons. The fourth-order valence-corrected chi connectivity index (χ4v) is 3.10. The summed E-state index contributed by atoms with van der Waals surface area (Å²) in [4.78, 5) is 25.3. The first-order chi connectivity index (χ1) is 13.5. The molecule has 1 aromatic carbocycles. The van der Waals surface area contributed by atoms with Crippen molar-refractivity contribution in [1.29, 1.82) is 0 Å². The largest absolute Gasteiger partial charge is 0.494 e. The average molecular weight is 407 g/mol. The van der Waals surface area contributed by atoms with Crippen molar-refractivity contribution in [3.8, 4) is 17.1 Å². The van der Waals surface area contributed by atoms with E-state index < -0.39 is 0 Å². The average Bonchev–Trinajstić information content (AvgIpc) is 3.05. The number of carbonyl (C=O) groups is 2. The number of benzene rings is 1. The van der Waals surface area contributed by atoms with Crippen molar-refractivity contribution in [1.82, 2.24) is 25.1 Å². The Hall–Kier alpha value is -2.75. The zero-order chi connectivity index (χ0) is 20.5. The van der Waals surface area contributed by atoms with Gasteiger partial charge in [-0.05, 0) is 37.6 Å². The van der Waals surface area contributed by atoms with Gasteiger partial charge in [-0.3, -0.25) is 9.59 Å². The molecule has 1 aromatic heterocycles. The van der Waals surface area contributed by atoms with E-state index in [1.807, 2.05) is 38.1 Å². The second kappa shape index (κ2) is 10.5. The van der Waals surface area contributed by atoms with E-state index in [9.17, 15) is 9.59 Å². The lowest BCUT2D eigenvalue weighted by Gasteiger charge is -2.16. The number of aromatic nitrogens is 3. The van der Waals surface area contributed by atoms with Crippen LogP contribution in [-0.4, -0.2) is 64.1 Å². The molecule has 2 rings (SSSR count). The van der Waals surface area contributed by atoms with E-state index in [0.717, 1.165) is 17.7 Å². The minimum atomic E-state index is -0.192. The summed E-state index contributed by atoms with van der Waals surface area (Å²) >= 11 is 1.17. The quantitative estimate of drug-likeness (QED) is 0.449. The van der Waals surface area contributed by atoms with Crippen LogP contribution in [0.2, 0.25) is 0 Å². The summed E-state index contributed by atoms with van der Waals surface area (Å²) in [6.45, 7) is 5.10. The molecule has 0 spiro atoms. The van der Waals surface area contributed by atoms with Crippen molar-refractivity contribution in [2.75, 3.05) is 38.3 Å². The Morgan fingerprint density at radius 3 is 2.61 bits per heavy atom. The summed E-state index contributed by atoms with van der Waals surface area (Å²) in [6, 6.07) is 7.37. The summed E-state index contributed by atoms with van der Waals surface area (Å²) in [5, 5.41) is 11.3. The lowest BCUT2D eigenvalue weighted by atomic mass is 10.2. The van der Waals surface area contributed by atoms with Gasteiger partial charge in [0.25, 0.3) is 0 Å². The highest BCUT2D eigenvalue weighted by Crippen LogP contribution is 2.23. The molecule has 0 saturated carbocycles. The summed E-state index contributed by atoms with van der Waals surface area (Å²) < 4.78 is 6.77. The maximum Gasteiger partial charge on any atom is 0.239 e. The van der Waals surface area contributed by atoms with Crippen LogP contribution in [-0.2, 0) is 9.59 Å². The monoisotopic (exact) mass is 406 g/mol. The van der Waals surface area contributed by atoms with Crippen LogP contribution in [0.5, 0.6) is 5.75 Å². The Kier molecular flexibility index (Phi) is 8.12. The number of hydrogen-bond donors (Lipinski definition) is 2. The minimum absolute atomic E-state index is 0.0200. The third kappa shape index (κ3) is 5.88. The van der Waals surface area contributed by atoms with Crippen LogP contribution in [0.1, 0.15) is 20.3 Å². The molecule has 152 valence electrons. The number of nitrogens with two attached hydrogens (primary N) is 1. The highest BCUT2D eigenvalue weighted by atomic mass is 32.2. The zero-order valence-corrected chi connectivity index (χ0v) is 17.2. The number of likely N-dealkylation sites (N-methyl/N-ethyl adjacent to an activating group) is 1. The van der Waals surface area contributed by atoms with Gasteiger partial charge in [0.1, 0.15) is 5.75 Å². The predicted molar refractivity (Wildman–Crippen MR) is 108 cm³/mol. The topological polar surface area (TPSA) is 115 Å². The van der Waals surface area contributed by atoms with Crippen LogP contribution in [0.4, 0.5) is 0 Å². The van der Waals surface area contributed by atoms with E-state index in [1.54, 1.807) is 7.05 Å². The molecule has 10 heteroatoms. The van der Waals surface area contributed by atoms with Crippen LogP contribution in [0.15, 0.2) is 29.4 Å². The molecule has 0 bridgehead atoms. The van der Waals surface area contributed by atoms with Crippen molar-refractivity contribution in [3.63, 3.8) is 0 Å². The van der Waals surface area contributed by atoms with E-state index in [4.69, 9.17) is 10.6 Å². The third-order valence-corrected chi connectivity index (χ3v) is 4.72. The summed E-state index contributed by atoms with van der Waals surface area (Å²) in [7, 11) is 1.59. The second-order valence-corrected chi connectivity index (χ2v) is 6.96. The van der Waals surface area contributed by atoms with Gasteiger partial charge in [0.15, 0.2) is 5.82 Å². The maximum atomic E-state index is 12.2. The summed E-state index contributed by atoms with van der Waals surface area (Å²) in [5.41, 5.74) is 0.793. The summed E-state index contributed by atoms with van der Waals surface area (Å²) in [6.07, 6.45) is 0.849. The van der Waals surface area contributed by atoms with E-state index >= 15 is 0 Å². The molecule has 0 fully saturated rings. The summed E-state index contributed by atoms with van der Waals surface area (Å²) in [5.74, 6) is 7.07. The highest BCUT2D eigenvalue weighted by molar-refractivity contribution is 7.99. The van der Waals surface area contributed by atoms with Crippen LogP contribution < -0.4 is 15.9 Å². The first-order valence-electron chi connectivity index (χ1n) is 9.03. The Balaban J connectivity index is 1.93. The molecule has 2 aromatic rings. The molecular formula is C18H26N6O3S. The molecule has 1 heterocycles. The number of hydrogen-bond acceptors (Lipinski definition) is 7. The molecule has 3 N–H and O–H groups in total. The van der Waals surface area contributed by atoms with Crippen molar-refractivity contribution >= 4 is 23.6 Å². The molecule has 2 amide bonds. The van der Waals surface area contributed by atoms with Crippen molar-refractivity contribution < 1.29 is 14.3 Å². The van der Waals surface area contributed by atoms with Gasteiger partial charge in [-0.15, -0.1) is 10.2 Å². The molecular weight excluding hydrogens is 380 g/mol. The van der Waals surface area contributed by atoms with Crippen LogP contribution in [0.25, 0.3) is 11.4 Å². The number of carbonyl (C=O) groups excluding carboxylic acids is 2. The zero-order valence-electron chi connectivity index (χ0n) is 16.3. The fraction of sp³-hybridized carbons (Fsp3) is 0.444.